The van der Waals surface area contributed by atoms with E-state index in [1.54, 1.807) is 0 Å². The number of likely N-dealkylation sites (tertiary alicyclic amines) is 1. The molecule has 0 spiro atoms. The highest BCUT2D eigenvalue weighted by atomic mass is 32.1. The van der Waals surface area contributed by atoms with Gasteiger partial charge in [0.25, 0.3) is 0 Å². The molecule has 2 rings (SSSR count). The fourth-order valence-corrected chi connectivity index (χ4v) is 2.26. The SMILES string of the molecule is CC(CN1C(=O)CC(c2ccccc2)C1=O)C(N)=S. The molecule has 19 heavy (non-hydrogen) atoms. The zero-order chi connectivity index (χ0) is 14.0. The molecular weight excluding hydrogens is 260 g/mol. The second-order valence-electron chi connectivity index (χ2n) is 4.81. The minimum Gasteiger partial charge on any atom is -0.393 e. The van der Waals surface area contributed by atoms with Gasteiger partial charge in [0, 0.05) is 18.9 Å². The maximum atomic E-state index is 12.3. The first-order valence-corrected chi connectivity index (χ1v) is 6.60. The molecule has 0 bridgehead atoms. The summed E-state index contributed by atoms with van der Waals surface area (Å²) < 4.78 is 0. The van der Waals surface area contributed by atoms with E-state index in [0.29, 0.717) is 4.99 Å². The average Bonchev–Trinajstić information content (AvgIpc) is 2.67. The second-order valence-corrected chi connectivity index (χ2v) is 5.28. The van der Waals surface area contributed by atoms with Crippen LogP contribution in [0.5, 0.6) is 0 Å². The fourth-order valence-electron chi connectivity index (χ4n) is 2.18. The van der Waals surface area contributed by atoms with Crippen molar-refractivity contribution in [1.82, 2.24) is 4.90 Å². The predicted octanol–water partition coefficient (Wildman–Crippen LogP) is 1.45. The predicted molar refractivity (Wildman–Crippen MR) is 76.5 cm³/mol. The molecule has 5 heteroatoms. The molecule has 0 aliphatic carbocycles. The van der Waals surface area contributed by atoms with Crippen molar-refractivity contribution >= 4 is 29.0 Å². The summed E-state index contributed by atoms with van der Waals surface area (Å²) in [6.45, 7) is 2.09. The lowest BCUT2D eigenvalue weighted by atomic mass is 9.98. The fraction of sp³-hybridized carbons (Fsp3) is 0.357. The number of nitrogens with two attached hydrogens (primary N) is 1. The Morgan fingerprint density at radius 2 is 2.05 bits per heavy atom. The summed E-state index contributed by atoms with van der Waals surface area (Å²) in [4.78, 5) is 25.8. The highest BCUT2D eigenvalue weighted by molar-refractivity contribution is 7.80. The number of imide groups is 1. The van der Waals surface area contributed by atoms with Gasteiger partial charge in [0.15, 0.2) is 0 Å². The Morgan fingerprint density at radius 3 is 2.63 bits per heavy atom. The standard InChI is InChI=1S/C14H16N2O2S/c1-9(13(15)19)8-16-12(17)7-11(14(16)18)10-5-3-2-4-6-10/h2-6,9,11H,7-8H2,1H3,(H2,15,19). The van der Waals surface area contributed by atoms with Crippen LogP contribution in [0.3, 0.4) is 0 Å². The quantitative estimate of drug-likeness (QED) is 0.668. The van der Waals surface area contributed by atoms with Crippen LogP contribution in [0.25, 0.3) is 0 Å². The Hall–Kier alpha value is -1.75. The molecule has 1 aromatic rings. The van der Waals surface area contributed by atoms with Gasteiger partial charge in [0.1, 0.15) is 0 Å². The Bertz CT molecular complexity index is 515. The van der Waals surface area contributed by atoms with E-state index in [4.69, 9.17) is 18.0 Å². The van der Waals surface area contributed by atoms with E-state index in [1.165, 1.54) is 4.90 Å². The Kier molecular flexibility index (Phi) is 3.95. The van der Waals surface area contributed by atoms with E-state index < -0.39 is 0 Å². The summed E-state index contributed by atoms with van der Waals surface area (Å²) in [5.74, 6) is -0.828. The smallest absolute Gasteiger partial charge is 0.237 e. The summed E-state index contributed by atoms with van der Waals surface area (Å²) in [7, 11) is 0. The van der Waals surface area contributed by atoms with Crippen LogP contribution in [-0.4, -0.2) is 28.2 Å². The van der Waals surface area contributed by atoms with Crippen molar-refractivity contribution in [3.8, 4) is 0 Å². The van der Waals surface area contributed by atoms with Crippen molar-refractivity contribution < 1.29 is 9.59 Å². The van der Waals surface area contributed by atoms with Crippen molar-refractivity contribution in [2.24, 2.45) is 11.7 Å². The number of amides is 2. The number of benzene rings is 1. The van der Waals surface area contributed by atoms with Gasteiger partial charge in [0.2, 0.25) is 11.8 Å². The molecule has 0 saturated carbocycles. The normalized spacial score (nSPS) is 20.7. The number of thiocarbonyl (C=S) groups is 1. The molecule has 1 fully saturated rings. The van der Waals surface area contributed by atoms with Crippen LogP contribution in [0.4, 0.5) is 0 Å². The molecule has 1 aromatic carbocycles. The lowest BCUT2D eigenvalue weighted by Crippen LogP contribution is -2.37. The van der Waals surface area contributed by atoms with Crippen LogP contribution in [0, 0.1) is 5.92 Å². The van der Waals surface area contributed by atoms with E-state index in [2.05, 4.69) is 0 Å². The minimum absolute atomic E-state index is 0.151. The topological polar surface area (TPSA) is 63.4 Å². The van der Waals surface area contributed by atoms with Crippen LogP contribution >= 0.6 is 12.2 Å². The largest absolute Gasteiger partial charge is 0.393 e. The van der Waals surface area contributed by atoms with Crippen molar-refractivity contribution in [3.05, 3.63) is 35.9 Å². The first kappa shape index (κ1) is 13.7. The molecule has 2 atom stereocenters. The van der Waals surface area contributed by atoms with Crippen LogP contribution in [0.15, 0.2) is 30.3 Å². The molecule has 1 aliphatic rings. The molecule has 0 aromatic heterocycles. The number of rotatable bonds is 4. The van der Waals surface area contributed by atoms with E-state index >= 15 is 0 Å². The first-order chi connectivity index (χ1) is 9.00. The van der Waals surface area contributed by atoms with E-state index in [-0.39, 0.29) is 36.6 Å². The third kappa shape index (κ3) is 2.81. The summed E-state index contributed by atoms with van der Waals surface area (Å²) >= 11 is 4.88. The lowest BCUT2D eigenvalue weighted by molar-refractivity contribution is -0.139. The molecule has 1 saturated heterocycles. The lowest BCUT2D eigenvalue weighted by Gasteiger charge is -2.19. The molecule has 4 nitrogen and oxygen atoms in total. The number of hydrogen-bond acceptors (Lipinski definition) is 3. The van der Waals surface area contributed by atoms with Gasteiger partial charge in [-0.1, -0.05) is 49.5 Å². The summed E-state index contributed by atoms with van der Waals surface area (Å²) in [5, 5.41) is 0. The summed E-state index contributed by atoms with van der Waals surface area (Å²) in [5.41, 5.74) is 6.41. The number of hydrogen-bond donors (Lipinski definition) is 1. The highest BCUT2D eigenvalue weighted by Gasteiger charge is 2.39. The van der Waals surface area contributed by atoms with Gasteiger partial charge < -0.3 is 5.73 Å². The number of carbonyl (C=O) groups is 2. The van der Waals surface area contributed by atoms with Gasteiger partial charge in [-0.05, 0) is 5.56 Å². The second kappa shape index (κ2) is 5.48. The molecule has 100 valence electrons. The van der Waals surface area contributed by atoms with E-state index in [1.807, 2.05) is 37.3 Å². The molecule has 2 amide bonds. The van der Waals surface area contributed by atoms with Gasteiger partial charge in [-0.15, -0.1) is 0 Å². The van der Waals surface area contributed by atoms with E-state index in [9.17, 15) is 9.59 Å². The van der Waals surface area contributed by atoms with Crippen LogP contribution in [0.2, 0.25) is 0 Å². The van der Waals surface area contributed by atoms with Gasteiger partial charge in [-0.25, -0.2) is 0 Å². The third-order valence-electron chi connectivity index (χ3n) is 3.39. The van der Waals surface area contributed by atoms with Gasteiger partial charge in [0.05, 0.1) is 10.9 Å². The maximum absolute atomic E-state index is 12.3. The highest BCUT2D eigenvalue weighted by Crippen LogP contribution is 2.29. The Labute approximate surface area is 117 Å². The van der Waals surface area contributed by atoms with Crippen LogP contribution in [-0.2, 0) is 9.59 Å². The summed E-state index contributed by atoms with van der Waals surface area (Å²) in [6, 6.07) is 9.37. The van der Waals surface area contributed by atoms with Gasteiger partial charge in [-0.2, -0.15) is 0 Å². The van der Waals surface area contributed by atoms with E-state index in [0.717, 1.165) is 5.56 Å². The molecule has 2 N–H and O–H groups in total. The van der Waals surface area contributed by atoms with Crippen molar-refractivity contribution in [3.63, 3.8) is 0 Å². The zero-order valence-electron chi connectivity index (χ0n) is 10.7. The first-order valence-electron chi connectivity index (χ1n) is 6.19. The number of nitrogens with zero attached hydrogens (tertiary/aromatic N) is 1. The van der Waals surface area contributed by atoms with Crippen molar-refractivity contribution in [2.45, 2.75) is 19.3 Å². The van der Waals surface area contributed by atoms with Gasteiger partial charge in [-0.3, -0.25) is 14.5 Å². The Balaban J connectivity index is 2.15. The molecule has 2 unspecified atom stereocenters. The van der Waals surface area contributed by atoms with Gasteiger partial charge >= 0.3 is 0 Å². The number of carbonyl (C=O) groups excluding carboxylic acids is 2. The third-order valence-corrected chi connectivity index (χ3v) is 3.79. The molecule has 1 aliphatic heterocycles. The van der Waals surface area contributed by atoms with Crippen molar-refractivity contribution in [1.29, 1.82) is 0 Å². The summed E-state index contributed by atoms with van der Waals surface area (Å²) in [6.07, 6.45) is 0.229. The maximum Gasteiger partial charge on any atom is 0.237 e. The minimum atomic E-state index is -0.368. The Morgan fingerprint density at radius 1 is 1.42 bits per heavy atom. The monoisotopic (exact) mass is 276 g/mol. The molecule has 0 radical (unpaired) electrons. The van der Waals surface area contributed by atoms with Crippen LogP contribution in [0.1, 0.15) is 24.8 Å². The molecular formula is C14H16N2O2S. The average molecular weight is 276 g/mol. The zero-order valence-corrected chi connectivity index (χ0v) is 11.5. The molecule has 1 heterocycles. The van der Waals surface area contributed by atoms with Crippen LogP contribution < -0.4 is 5.73 Å². The van der Waals surface area contributed by atoms with Crippen molar-refractivity contribution in [2.75, 3.05) is 6.54 Å².